The lowest BCUT2D eigenvalue weighted by atomic mass is 10.1. The van der Waals surface area contributed by atoms with Crippen LogP contribution in [0.2, 0.25) is 0 Å². The molecule has 0 aliphatic carbocycles. The summed E-state index contributed by atoms with van der Waals surface area (Å²) in [5, 5.41) is 10.4. The molecule has 1 heterocycles. The first-order valence-electron chi connectivity index (χ1n) is 6.41. The van der Waals surface area contributed by atoms with Crippen molar-refractivity contribution >= 4 is 46.1 Å². The molecule has 1 aliphatic rings. The molecular weight excluding hydrogens is 304 g/mol. The van der Waals surface area contributed by atoms with E-state index >= 15 is 0 Å². The van der Waals surface area contributed by atoms with Crippen LogP contribution in [0.4, 0.5) is 5.69 Å². The fraction of sp³-hybridized carbons (Fsp3) is 0.154. The summed E-state index contributed by atoms with van der Waals surface area (Å²) >= 11 is 4.67. The average Bonchev–Trinajstić information content (AvgIpc) is 2.64. The first-order chi connectivity index (χ1) is 10.6. The number of carbonyl (C=O) groups is 2. The van der Waals surface area contributed by atoms with Crippen molar-refractivity contribution in [1.82, 2.24) is 10.7 Å². The van der Waals surface area contributed by atoms with Crippen LogP contribution >= 0.6 is 12.2 Å². The van der Waals surface area contributed by atoms with Crippen molar-refractivity contribution in [3.05, 3.63) is 30.3 Å². The highest BCUT2D eigenvalue weighted by atomic mass is 32.1. The zero-order valence-electron chi connectivity index (χ0n) is 11.5. The van der Waals surface area contributed by atoms with Gasteiger partial charge < -0.3 is 11.1 Å². The summed E-state index contributed by atoms with van der Waals surface area (Å²) in [6, 6.07) is 9.02. The van der Waals surface area contributed by atoms with Crippen molar-refractivity contribution < 1.29 is 9.59 Å². The number of hydrogen-bond donors (Lipinski definition) is 4. The van der Waals surface area contributed by atoms with Gasteiger partial charge in [-0.3, -0.25) is 20.4 Å². The van der Waals surface area contributed by atoms with Gasteiger partial charge in [0.15, 0.2) is 10.8 Å². The molecule has 1 amide bonds. The maximum Gasteiger partial charge on any atom is 0.294 e. The van der Waals surface area contributed by atoms with Crippen molar-refractivity contribution in [2.45, 2.75) is 6.42 Å². The first-order valence-corrected chi connectivity index (χ1v) is 6.82. The molecule has 114 valence electrons. The standard InChI is InChI=1S/C13H14N6O2S/c14-13(22)19-17-9-6-7-15-12(21)11(20)10(9)18-16-8-4-2-1-3-5-8/h1-5,16H,6-7H2,(H,15,21)(H3,14,19,22). The van der Waals surface area contributed by atoms with E-state index < -0.39 is 11.7 Å². The number of carbonyl (C=O) groups excluding carboxylic acids is 2. The van der Waals surface area contributed by atoms with Crippen molar-refractivity contribution in [2.75, 3.05) is 12.0 Å². The van der Waals surface area contributed by atoms with E-state index in [-0.39, 0.29) is 17.4 Å². The van der Waals surface area contributed by atoms with Crippen LogP contribution in [0.25, 0.3) is 0 Å². The number of nitrogens with two attached hydrogens (primary N) is 1. The molecule has 5 N–H and O–H groups in total. The summed E-state index contributed by atoms with van der Waals surface area (Å²) in [5.74, 6) is -1.50. The van der Waals surface area contributed by atoms with E-state index in [1.165, 1.54) is 0 Å². The number of Topliss-reactive ketones (excluding diaryl/α,β-unsaturated/α-hetero) is 1. The summed E-state index contributed by atoms with van der Waals surface area (Å²) in [5.41, 5.74) is 11.3. The Labute approximate surface area is 131 Å². The van der Waals surface area contributed by atoms with E-state index in [1.54, 1.807) is 12.1 Å². The molecule has 1 fully saturated rings. The minimum absolute atomic E-state index is 0.0427. The second-order valence-corrected chi connectivity index (χ2v) is 4.75. The van der Waals surface area contributed by atoms with E-state index in [9.17, 15) is 9.59 Å². The number of hydrogen-bond acceptors (Lipinski definition) is 6. The van der Waals surface area contributed by atoms with Gasteiger partial charge in [0.05, 0.1) is 11.4 Å². The molecule has 0 unspecified atom stereocenters. The van der Waals surface area contributed by atoms with Gasteiger partial charge in [0.1, 0.15) is 0 Å². The Hall–Kier alpha value is -2.81. The molecule has 0 saturated carbocycles. The summed E-state index contributed by atoms with van der Waals surface area (Å²) in [6.45, 7) is 0.271. The number of thiocarbonyl (C=S) groups is 1. The van der Waals surface area contributed by atoms with E-state index in [4.69, 9.17) is 5.73 Å². The Morgan fingerprint density at radius 1 is 1.23 bits per heavy atom. The van der Waals surface area contributed by atoms with Gasteiger partial charge in [0, 0.05) is 13.0 Å². The molecule has 9 heteroatoms. The zero-order valence-corrected chi connectivity index (χ0v) is 12.3. The maximum absolute atomic E-state index is 12.1. The lowest BCUT2D eigenvalue weighted by molar-refractivity contribution is -0.133. The molecule has 0 bridgehead atoms. The molecular formula is C13H14N6O2S. The second-order valence-electron chi connectivity index (χ2n) is 4.31. The molecule has 1 aromatic rings. The third-order valence-electron chi connectivity index (χ3n) is 2.71. The second kappa shape index (κ2) is 7.27. The third-order valence-corrected chi connectivity index (χ3v) is 2.80. The normalized spacial score (nSPS) is 18.7. The number of benzene rings is 1. The van der Waals surface area contributed by atoms with Crippen molar-refractivity contribution in [1.29, 1.82) is 0 Å². The molecule has 8 nitrogen and oxygen atoms in total. The molecule has 1 aromatic carbocycles. The highest BCUT2D eigenvalue weighted by molar-refractivity contribution is 7.80. The summed E-state index contributed by atoms with van der Waals surface area (Å²) in [6.07, 6.45) is 0.322. The SMILES string of the molecule is NC(=S)NN=C1CCNC(=O)C(=O)C1=NNc1ccccc1. The predicted octanol–water partition coefficient (Wildman–Crippen LogP) is -0.267. The minimum atomic E-state index is -0.774. The number of amides is 1. The van der Waals surface area contributed by atoms with Gasteiger partial charge in [0.2, 0.25) is 0 Å². The molecule has 1 aliphatic heterocycles. The molecule has 0 atom stereocenters. The maximum atomic E-state index is 12.1. The van der Waals surface area contributed by atoms with E-state index in [0.717, 1.165) is 0 Å². The number of anilines is 1. The van der Waals surface area contributed by atoms with Gasteiger partial charge in [-0.2, -0.15) is 10.2 Å². The molecule has 0 spiro atoms. The number of nitrogens with one attached hydrogen (secondary N) is 3. The molecule has 0 aromatic heterocycles. The van der Waals surface area contributed by atoms with Gasteiger partial charge in [-0.15, -0.1) is 0 Å². The number of ketones is 1. The van der Waals surface area contributed by atoms with Gasteiger partial charge >= 0.3 is 0 Å². The molecule has 22 heavy (non-hydrogen) atoms. The van der Waals surface area contributed by atoms with Crippen molar-refractivity contribution in [3.8, 4) is 0 Å². The predicted molar refractivity (Wildman–Crippen MR) is 87.5 cm³/mol. The van der Waals surface area contributed by atoms with Gasteiger partial charge in [-0.25, -0.2) is 0 Å². The Balaban J connectivity index is 2.29. The topological polar surface area (TPSA) is 121 Å². The number of nitrogens with zero attached hydrogens (tertiary/aromatic N) is 2. The number of hydrazone groups is 2. The fourth-order valence-corrected chi connectivity index (χ4v) is 1.76. The Morgan fingerprint density at radius 3 is 2.64 bits per heavy atom. The summed E-state index contributed by atoms with van der Waals surface area (Å²) < 4.78 is 0. The molecule has 2 rings (SSSR count). The highest BCUT2D eigenvalue weighted by Gasteiger charge is 2.28. The highest BCUT2D eigenvalue weighted by Crippen LogP contribution is 2.06. The van der Waals surface area contributed by atoms with Gasteiger partial charge in [0.25, 0.3) is 11.7 Å². The van der Waals surface area contributed by atoms with Crippen LogP contribution in [0.1, 0.15) is 6.42 Å². The van der Waals surface area contributed by atoms with E-state index in [1.807, 2.05) is 18.2 Å². The van der Waals surface area contributed by atoms with Crippen LogP contribution < -0.4 is 21.9 Å². The number of rotatable bonds is 3. The fourth-order valence-electron chi connectivity index (χ4n) is 1.71. The van der Waals surface area contributed by atoms with Crippen molar-refractivity contribution in [2.24, 2.45) is 15.9 Å². The molecule has 0 radical (unpaired) electrons. The Bertz CT molecular complexity index is 656. The summed E-state index contributed by atoms with van der Waals surface area (Å²) in [4.78, 5) is 23.7. The van der Waals surface area contributed by atoms with E-state index in [2.05, 4.69) is 38.6 Å². The van der Waals surface area contributed by atoms with Gasteiger partial charge in [-0.05, 0) is 24.4 Å². The van der Waals surface area contributed by atoms with Gasteiger partial charge in [-0.1, -0.05) is 18.2 Å². The third kappa shape index (κ3) is 4.09. The van der Waals surface area contributed by atoms with Crippen LogP contribution in [0.15, 0.2) is 40.5 Å². The van der Waals surface area contributed by atoms with Crippen LogP contribution in [-0.4, -0.2) is 34.8 Å². The van der Waals surface area contributed by atoms with Crippen LogP contribution in [-0.2, 0) is 9.59 Å². The van der Waals surface area contributed by atoms with Crippen LogP contribution in [0.3, 0.4) is 0 Å². The largest absolute Gasteiger partial charge is 0.375 e. The Morgan fingerprint density at radius 2 is 1.95 bits per heavy atom. The van der Waals surface area contributed by atoms with E-state index in [0.29, 0.717) is 17.8 Å². The van der Waals surface area contributed by atoms with Crippen LogP contribution in [0.5, 0.6) is 0 Å². The lowest BCUT2D eigenvalue weighted by Gasteiger charge is -2.06. The summed E-state index contributed by atoms with van der Waals surface area (Å²) in [7, 11) is 0. The quantitative estimate of drug-likeness (QED) is 0.346. The number of para-hydroxylation sites is 1. The average molecular weight is 318 g/mol. The minimum Gasteiger partial charge on any atom is -0.375 e. The molecule has 1 saturated heterocycles. The first kappa shape index (κ1) is 15.6. The zero-order chi connectivity index (χ0) is 15.9. The van der Waals surface area contributed by atoms with Crippen molar-refractivity contribution in [3.63, 3.8) is 0 Å². The monoisotopic (exact) mass is 318 g/mol. The Kier molecular flexibility index (Phi) is 5.15. The van der Waals surface area contributed by atoms with Crippen LogP contribution in [0, 0.1) is 0 Å². The lowest BCUT2D eigenvalue weighted by Crippen LogP contribution is -2.35. The smallest absolute Gasteiger partial charge is 0.294 e.